The van der Waals surface area contributed by atoms with Gasteiger partial charge in [-0.1, -0.05) is 18.2 Å². The van der Waals surface area contributed by atoms with Gasteiger partial charge in [-0.15, -0.1) is 11.3 Å². The molecular weight excluding hydrogens is 290 g/mol. The molecule has 0 spiro atoms. The van der Waals surface area contributed by atoms with Crippen LogP contribution < -0.4 is 10.6 Å². The molecule has 1 saturated heterocycles. The van der Waals surface area contributed by atoms with E-state index in [1.165, 1.54) is 11.3 Å². The lowest BCUT2D eigenvalue weighted by molar-refractivity contribution is -0.124. The molecule has 108 valence electrons. The quantitative estimate of drug-likeness (QED) is 0.833. The molecule has 0 aliphatic carbocycles. The van der Waals surface area contributed by atoms with E-state index < -0.39 is 6.03 Å². The summed E-state index contributed by atoms with van der Waals surface area (Å²) < 4.78 is 1.05. The average Bonchev–Trinajstić information content (AvgIpc) is 3.05. The number of nitrogens with one attached hydrogen (secondary N) is 2. The molecule has 4 amide bonds. The van der Waals surface area contributed by atoms with Crippen molar-refractivity contribution in [3.05, 3.63) is 35.2 Å². The first kappa shape index (κ1) is 13.6. The Hall–Kier alpha value is -2.41. The van der Waals surface area contributed by atoms with Gasteiger partial charge in [0.15, 0.2) is 0 Å². The van der Waals surface area contributed by atoms with E-state index in [0.29, 0.717) is 5.56 Å². The number of amides is 4. The molecule has 0 atom stereocenters. The van der Waals surface area contributed by atoms with E-state index in [9.17, 15) is 14.4 Å². The van der Waals surface area contributed by atoms with Crippen LogP contribution in [0.2, 0.25) is 0 Å². The van der Waals surface area contributed by atoms with Crippen molar-refractivity contribution >= 4 is 39.3 Å². The predicted octanol–water partition coefficient (Wildman–Crippen LogP) is 1.18. The third-order valence-corrected chi connectivity index (χ3v) is 4.25. The van der Waals surface area contributed by atoms with Gasteiger partial charge in [0.2, 0.25) is 5.91 Å². The molecule has 2 N–H and O–H groups in total. The molecule has 3 rings (SSSR count). The number of hydrogen-bond donors (Lipinski definition) is 2. The molecule has 2 heterocycles. The van der Waals surface area contributed by atoms with Gasteiger partial charge in [0.25, 0.3) is 5.91 Å². The van der Waals surface area contributed by atoms with Crippen LogP contribution >= 0.6 is 11.3 Å². The zero-order chi connectivity index (χ0) is 14.8. The largest absolute Gasteiger partial charge is 0.350 e. The molecule has 0 saturated carbocycles. The van der Waals surface area contributed by atoms with E-state index in [2.05, 4.69) is 10.6 Å². The van der Waals surface area contributed by atoms with Crippen molar-refractivity contribution in [3.63, 3.8) is 0 Å². The second kappa shape index (κ2) is 5.53. The second-order valence-electron chi connectivity index (χ2n) is 4.61. The standard InChI is InChI=1S/C14H13N3O3S/c18-12-7-16-14(20)17(12)6-5-15-13(19)10-8-21-11-4-2-1-3-9(10)11/h1-4,8H,5-7H2,(H,15,19)(H,16,20). The summed E-state index contributed by atoms with van der Waals surface area (Å²) in [4.78, 5) is 36.0. The van der Waals surface area contributed by atoms with Crippen molar-refractivity contribution in [2.24, 2.45) is 0 Å². The van der Waals surface area contributed by atoms with Gasteiger partial charge in [-0.3, -0.25) is 14.5 Å². The van der Waals surface area contributed by atoms with Crippen LogP contribution in [-0.2, 0) is 4.79 Å². The minimum atomic E-state index is -0.407. The van der Waals surface area contributed by atoms with Gasteiger partial charge >= 0.3 is 6.03 Å². The number of carbonyl (C=O) groups excluding carboxylic acids is 3. The van der Waals surface area contributed by atoms with Crippen molar-refractivity contribution in [2.45, 2.75) is 0 Å². The monoisotopic (exact) mass is 303 g/mol. The third kappa shape index (κ3) is 2.59. The van der Waals surface area contributed by atoms with Crippen LogP contribution in [0.1, 0.15) is 10.4 Å². The normalized spacial score (nSPS) is 14.6. The Morgan fingerprint density at radius 2 is 2.14 bits per heavy atom. The zero-order valence-corrected chi connectivity index (χ0v) is 11.9. The highest BCUT2D eigenvalue weighted by atomic mass is 32.1. The lowest BCUT2D eigenvalue weighted by Crippen LogP contribution is -2.38. The Kier molecular flexibility index (Phi) is 3.57. The molecule has 1 fully saturated rings. The highest BCUT2D eigenvalue weighted by Gasteiger charge is 2.27. The van der Waals surface area contributed by atoms with E-state index in [1.54, 1.807) is 0 Å². The lowest BCUT2D eigenvalue weighted by atomic mass is 10.1. The van der Waals surface area contributed by atoms with Gasteiger partial charge in [-0.2, -0.15) is 0 Å². The molecule has 6 nitrogen and oxygen atoms in total. The zero-order valence-electron chi connectivity index (χ0n) is 11.1. The van der Waals surface area contributed by atoms with Crippen LogP contribution in [0.5, 0.6) is 0 Å². The minimum Gasteiger partial charge on any atom is -0.350 e. The SMILES string of the molecule is O=C(NCCN1C(=O)CNC1=O)c1csc2ccccc12. The summed E-state index contributed by atoms with van der Waals surface area (Å²) in [6, 6.07) is 7.27. The molecule has 1 aliphatic heterocycles. The molecule has 7 heteroatoms. The first-order valence-corrected chi connectivity index (χ1v) is 7.37. The molecule has 1 aromatic heterocycles. The summed E-state index contributed by atoms with van der Waals surface area (Å²) in [7, 11) is 0. The Labute approximate surface area is 124 Å². The van der Waals surface area contributed by atoms with Gasteiger partial charge in [0.05, 0.1) is 12.1 Å². The van der Waals surface area contributed by atoms with Gasteiger partial charge in [0, 0.05) is 28.6 Å². The van der Waals surface area contributed by atoms with Crippen LogP contribution in [0.3, 0.4) is 0 Å². The third-order valence-electron chi connectivity index (χ3n) is 3.28. The van der Waals surface area contributed by atoms with Gasteiger partial charge < -0.3 is 10.6 Å². The number of rotatable bonds is 4. The second-order valence-corrected chi connectivity index (χ2v) is 5.52. The van der Waals surface area contributed by atoms with Crippen molar-refractivity contribution < 1.29 is 14.4 Å². The molecule has 2 aromatic rings. The van der Waals surface area contributed by atoms with E-state index in [4.69, 9.17) is 0 Å². The summed E-state index contributed by atoms with van der Waals surface area (Å²) in [6.07, 6.45) is 0. The number of benzene rings is 1. The number of hydrogen-bond acceptors (Lipinski definition) is 4. The summed E-state index contributed by atoms with van der Waals surface area (Å²) in [5.74, 6) is -0.463. The lowest BCUT2D eigenvalue weighted by Gasteiger charge is -2.12. The Morgan fingerprint density at radius 1 is 1.33 bits per heavy atom. The van der Waals surface area contributed by atoms with E-state index in [0.717, 1.165) is 15.0 Å². The molecule has 1 aliphatic rings. The van der Waals surface area contributed by atoms with Crippen LogP contribution in [0.25, 0.3) is 10.1 Å². The van der Waals surface area contributed by atoms with Crippen molar-refractivity contribution in [2.75, 3.05) is 19.6 Å². The molecule has 1 aromatic carbocycles. The fourth-order valence-electron chi connectivity index (χ4n) is 2.21. The van der Waals surface area contributed by atoms with Crippen LogP contribution in [0, 0.1) is 0 Å². The topological polar surface area (TPSA) is 78.5 Å². The fourth-order valence-corrected chi connectivity index (χ4v) is 3.15. The summed E-state index contributed by atoms with van der Waals surface area (Å²) in [5, 5.41) is 7.90. The number of nitrogens with zero attached hydrogens (tertiary/aromatic N) is 1. The Bertz CT molecular complexity index is 709. The maximum Gasteiger partial charge on any atom is 0.324 e. The van der Waals surface area contributed by atoms with E-state index >= 15 is 0 Å². The highest BCUT2D eigenvalue weighted by Crippen LogP contribution is 2.25. The fraction of sp³-hybridized carbons (Fsp3) is 0.214. The molecule has 0 bridgehead atoms. The summed E-state index contributed by atoms with van der Waals surface area (Å²) in [6.45, 7) is 0.447. The minimum absolute atomic E-state index is 0.0297. The first-order chi connectivity index (χ1) is 10.2. The van der Waals surface area contributed by atoms with E-state index in [-0.39, 0.29) is 31.4 Å². The van der Waals surface area contributed by atoms with E-state index in [1.807, 2.05) is 29.6 Å². The Morgan fingerprint density at radius 3 is 2.90 bits per heavy atom. The maximum atomic E-state index is 12.1. The van der Waals surface area contributed by atoms with Crippen molar-refractivity contribution in [3.8, 4) is 0 Å². The number of urea groups is 1. The molecule has 0 radical (unpaired) electrons. The summed E-state index contributed by atoms with van der Waals surface area (Å²) in [5.41, 5.74) is 0.618. The smallest absolute Gasteiger partial charge is 0.324 e. The van der Waals surface area contributed by atoms with Gasteiger partial charge in [-0.25, -0.2) is 4.79 Å². The molecular formula is C14H13N3O3S. The number of fused-ring (bicyclic) bond motifs is 1. The Balaban J connectivity index is 1.62. The molecule has 21 heavy (non-hydrogen) atoms. The van der Waals surface area contributed by atoms with Crippen LogP contribution in [0.15, 0.2) is 29.6 Å². The average molecular weight is 303 g/mol. The first-order valence-electron chi connectivity index (χ1n) is 6.49. The van der Waals surface area contributed by atoms with Gasteiger partial charge in [-0.05, 0) is 6.07 Å². The van der Waals surface area contributed by atoms with Crippen molar-refractivity contribution in [1.29, 1.82) is 0 Å². The summed E-state index contributed by atoms with van der Waals surface area (Å²) >= 11 is 1.51. The van der Waals surface area contributed by atoms with Gasteiger partial charge in [0.1, 0.15) is 0 Å². The van der Waals surface area contributed by atoms with Crippen LogP contribution in [-0.4, -0.2) is 42.4 Å². The number of imide groups is 1. The maximum absolute atomic E-state index is 12.1. The highest BCUT2D eigenvalue weighted by molar-refractivity contribution is 7.17. The predicted molar refractivity (Wildman–Crippen MR) is 79.3 cm³/mol. The van der Waals surface area contributed by atoms with Crippen LogP contribution in [0.4, 0.5) is 4.79 Å². The number of thiophene rings is 1. The number of carbonyl (C=O) groups is 3. The van der Waals surface area contributed by atoms with Crippen molar-refractivity contribution in [1.82, 2.24) is 15.5 Å². The molecule has 0 unspecified atom stereocenters.